The Labute approximate surface area is 116 Å². The maximum Gasteiger partial charge on any atom is 0.119 e. The van der Waals surface area contributed by atoms with Crippen LogP contribution in [0.3, 0.4) is 0 Å². The number of ether oxygens (including phenoxy) is 1. The van der Waals surface area contributed by atoms with Gasteiger partial charge in [-0.3, -0.25) is 0 Å². The highest BCUT2D eigenvalue weighted by atomic mass is 16.5. The molecule has 1 aromatic rings. The number of hydrogen-bond acceptors (Lipinski definition) is 3. The summed E-state index contributed by atoms with van der Waals surface area (Å²) in [4.78, 5) is 0. The molecule has 106 valence electrons. The minimum atomic E-state index is -0.616. The predicted octanol–water partition coefficient (Wildman–Crippen LogP) is 3.04. The molecule has 1 atom stereocenters. The molecule has 1 unspecified atom stereocenters. The van der Waals surface area contributed by atoms with Crippen LogP contribution in [0.4, 0.5) is 0 Å². The lowest BCUT2D eigenvalue weighted by molar-refractivity contribution is -0.0339. The van der Waals surface area contributed by atoms with Gasteiger partial charge in [-0.25, -0.2) is 0 Å². The summed E-state index contributed by atoms with van der Waals surface area (Å²) < 4.78 is 5.75. The van der Waals surface area contributed by atoms with E-state index in [1.165, 1.54) is 12.0 Å². The van der Waals surface area contributed by atoms with Gasteiger partial charge in [-0.05, 0) is 44.5 Å². The molecular formula is C16H25NO2. The quantitative estimate of drug-likeness (QED) is 0.858. The minimum absolute atomic E-state index is 0.344. The summed E-state index contributed by atoms with van der Waals surface area (Å²) in [6.07, 6.45) is 5.18. The third-order valence-corrected chi connectivity index (χ3v) is 4.10. The van der Waals surface area contributed by atoms with E-state index < -0.39 is 5.60 Å². The minimum Gasteiger partial charge on any atom is -0.491 e. The zero-order valence-corrected chi connectivity index (χ0v) is 12.0. The van der Waals surface area contributed by atoms with Crippen LogP contribution in [0.1, 0.15) is 50.6 Å². The number of aliphatic hydroxyl groups is 1. The van der Waals surface area contributed by atoms with Crippen molar-refractivity contribution in [1.82, 2.24) is 5.32 Å². The van der Waals surface area contributed by atoms with Gasteiger partial charge >= 0.3 is 0 Å². The first kappa shape index (κ1) is 14.4. The molecule has 19 heavy (non-hydrogen) atoms. The van der Waals surface area contributed by atoms with E-state index in [2.05, 4.69) is 24.4 Å². The Morgan fingerprint density at radius 3 is 2.42 bits per heavy atom. The van der Waals surface area contributed by atoms with E-state index in [0.717, 1.165) is 31.4 Å². The molecule has 0 amide bonds. The van der Waals surface area contributed by atoms with Crippen LogP contribution in [0.15, 0.2) is 24.3 Å². The van der Waals surface area contributed by atoms with Crippen molar-refractivity contribution in [3.63, 3.8) is 0 Å². The van der Waals surface area contributed by atoms with E-state index in [-0.39, 0.29) is 0 Å². The number of hydrogen-bond donors (Lipinski definition) is 2. The number of benzene rings is 1. The fraction of sp³-hybridized carbons (Fsp3) is 0.625. The van der Waals surface area contributed by atoms with Crippen molar-refractivity contribution in [2.75, 3.05) is 13.7 Å². The van der Waals surface area contributed by atoms with Crippen molar-refractivity contribution in [2.45, 2.75) is 50.7 Å². The zero-order valence-electron chi connectivity index (χ0n) is 12.0. The molecule has 3 nitrogen and oxygen atoms in total. The van der Waals surface area contributed by atoms with Gasteiger partial charge in [-0.2, -0.15) is 0 Å². The van der Waals surface area contributed by atoms with Crippen molar-refractivity contribution in [2.24, 2.45) is 0 Å². The summed E-state index contributed by atoms with van der Waals surface area (Å²) in [7, 11) is 1.95. The smallest absolute Gasteiger partial charge is 0.119 e. The van der Waals surface area contributed by atoms with Crippen LogP contribution in [-0.2, 0) is 0 Å². The van der Waals surface area contributed by atoms with Gasteiger partial charge in [0.15, 0.2) is 0 Å². The van der Waals surface area contributed by atoms with Gasteiger partial charge in [0.2, 0.25) is 0 Å². The highest BCUT2D eigenvalue weighted by Crippen LogP contribution is 2.29. The van der Waals surface area contributed by atoms with Crippen molar-refractivity contribution < 1.29 is 9.84 Å². The lowest BCUT2D eigenvalue weighted by Gasteiger charge is -2.31. The summed E-state index contributed by atoms with van der Waals surface area (Å²) in [6, 6.07) is 8.45. The normalized spacial score (nSPS) is 19.9. The molecular weight excluding hydrogens is 238 g/mol. The Balaban J connectivity index is 1.89. The zero-order chi connectivity index (χ0) is 13.7. The molecule has 0 bridgehead atoms. The fourth-order valence-electron chi connectivity index (χ4n) is 2.59. The van der Waals surface area contributed by atoms with Crippen LogP contribution < -0.4 is 10.1 Å². The SMILES string of the molecule is CNC(C)c1ccc(OCC2(O)CCCCC2)cc1. The Bertz CT molecular complexity index is 382. The van der Waals surface area contributed by atoms with Crippen LogP contribution in [0.25, 0.3) is 0 Å². The standard InChI is InChI=1S/C16H25NO2/c1-13(17-2)14-6-8-15(9-7-14)19-12-16(18)10-4-3-5-11-16/h6-9,13,17-18H,3-5,10-12H2,1-2H3. The van der Waals surface area contributed by atoms with Gasteiger partial charge in [0.25, 0.3) is 0 Å². The first-order chi connectivity index (χ1) is 9.13. The Hall–Kier alpha value is -1.06. The van der Waals surface area contributed by atoms with E-state index >= 15 is 0 Å². The van der Waals surface area contributed by atoms with Crippen LogP contribution >= 0.6 is 0 Å². The Morgan fingerprint density at radius 2 is 1.84 bits per heavy atom. The van der Waals surface area contributed by atoms with Crippen LogP contribution in [-0.4, -0.2) is 24.4 Å². The second-order valence-corrected chi connectivity index (χ2v) is 5.65. The molecule has 1 aliphatic rings. The summed E-state index contributed by atoms with van der Waals surface area (Å²) in [5.41, 5.74) is 0.626. The van der Waals surface area contributed by atoms with Crippen LogP contribution in [0.2, 0.25) is 0 Å². The molecule has 0 saturated heterocycles. The van der Waals surface area contributed by atoms with Gasteiger partial charge in [0.05, 0.1) is 5.60 Å². The predicted molar refractivity (Wildman–Crippen MR) is 77.4 cm³/mol. The van der Waals surface area contributed by atoms with E-state index in [4.69, 9.17) is 4.74 Å². The Morgan fingerprint density at radius 1 is 1.21 bits per heavy atom. The van der Waals surface area contributed by atoms with E-state index in [1.54, 1.807) is 0 Å². The molecule has 0 spiro atoms. The Kier molecular flexibility index (Phi) is 4.83. The van der Waals surface area contributed by atoms with Gasteiger partial charge in [0.1, 0.15) is 12.4 Å². The highest BCUT2D eigenvalue weighted by Gasteiger charge is 2.29. The third kappa shape index (κ3) is 3.95. The summed E-state index contributed by atoms with van der Waals surface area (Å²) in [5.74, 6) is 0.839. The molecule has 1 aromatic carbocycles. The monoisotopic (exact) mass is 263 g/mol. The molecule has 1 aliphatic carbocycles. The molecule has 3 heteroatoms. The maximum atomic E-state index is 10.4. The largest absolute Gasteiger partial charge is 0.491 e. The lowest BCUT2D eigenvalue weighted by Crippen LogP contribution is -2.37. The average Bonchev–Trinajstić information content (AvgIpc) is 2.46. The second kappa shape index (κ2) is 6.40. The molecule has 0 heterocycles. The highest BCUT2D eigenvalue weighted by molar-refractivity contribution is 5.29. The number of rotatable bonds is 5. The molecule has 1 saturated carbocycles. The van der Waals surface area contributed by atoms with Crippen molar-refractivity contribution >= 4 is 0 Å². The van der Waals surface area contributed by atoms with E-state index in [9.17, 15) is 5.11 Å². The number of nitrogens with one attached hydrogen (secondary N) is 1. The summed E-state index contributed by atoms with van der Waals surface area (Å²) in [6.45, 7) is 2.54. The van der Waals surface area contributed by atoms with E-state index in [1.807, 2.05) is 19.2 Å². The van der Waals surface area contributed by atoms with Gasteiger partial charge in [0, 0.05) is 6.04 Å². The fourth-order valence-corrected chi connectivity index (χ4v) is 2.59. The topological polar surface area (TPSA) is 41.5 Å². The second-order valence-electron chi connectivity index (χ2n) is 5.65. The van der Waals surface area contributed by atoms with Gasteiger partial charge in [-0.1, -0.05) is 31.4 Å². The van der Waals surface area contributed by atoms with Crippen LogP contribution in [0, 0.1) is 0 Å². The van der Waals surface area contributed by atoms with Gasteiger partial charge in [-0.15, -0.1) is 0 Å². The van der Waals surface area contributed by atoms with Crippen molar-refractivity contribution in [1.29, 1.82) is 0 Å². The third-order valence-electron chi connectivity index (χ3n) is 4.10. The van der Waals surface area contributed by atoms with Crippen LogP contribution in [0.5, 0.6) is 5.75 Å². The average molecular weight is 263 g/mol. The molecule has 0 radical (unpaired) electrons. The molecule has 0 aromatic heterocycles. The van der Waals surface area contributed by atoms with Crippen molar-refractivity contribution in [3.05, 3.63) is 29.8 Å². The van der Waals surface area contributed by atoms with E-state index in [0.29, 0.717) is 12.6 Å². The molecule has 0 aliphatic heterocycles. The first-order valence-electron chi connectivity index (χ1n) is 7.25. The summed E-state index contributed by atoms with van der Waals surface area (Å²) in [5, 5.41) is 13.6. The summed E-state index contributed by atoms with van der Waals surface area (Å²) >= 11 is 0. The maximum absolute atomic E-state index is 10.4. The van der Waals surface area contributed by atoms with Gasteiger partial charge < -0.3 is 15.2 Å². The lowest BCUT2D eigenvalue weighted by atomic mass is 9.85. The first-order valence-corrected chi connectivity index (χ1v) is 7.25. The molecule has 1 fully saturated rings. The van der Waals surface area contributed by atoms with Crippen molar-refractivity contribution in [3.8, 4) is 5.75 Å². The molecule has 2 N–H and O–H groups in total. The molecule has 2 rings (SSSR count).